The van der Waals surface area contributed by atoms with Crippen molar-refractivity contribution in [1.82, 2.24) is 4.90 Å². The van der Waals surface area contributed by atoms with E-state index in [1.54, 1.807) is 7.05 Å². The van der Waals surface area contributed by atoms with Crippen LogP contribution in [-0.4, -0.2) is 37.7 Å². The fourth-order valence-electron chi connectivity index (χ4n) is 2.90. The molecule has 1 saturated heterocycles. The minimum Gasteiger partial charge on any atom is -0.342 e. The minimum absolute atomic E-state index is 0.353. The molecule has 0 aromatic heterocycles. The van der Waals surface area contributed by atoms with Crippen molar-refractivity contribution >= 4 is 12.6 Å². The van der Waals surface area contributed by atoms with Crippen molar-refractivity contribution in [3.63, 3.8) is 0 Å². The van der Waals surface area contributed by atoms with Gasteiger partial charge in [-0.3, -0.25) is 4.79 Å². The number of carbonyl (C=O) groups is 1. The van der Waals surface area contributed by atoms with Crippen LogP contribution in [0, 0.1) is 17.8 Å². The molecule has 1 aliphatic heterocycles. The number of aliphatic imine (C=N–C) groups is 1. The Kier molecular flexibility index (Phi) is 6.37. The van der Waals surface area contributed by atoms with Gasteiger partial charge in [0.05, 0.1) is 0 Å². The van der Waals surface area contributed by atoms with Crippen LogP contribution in [0.25, 0.3) is 0 Å². The van der Waals surface area contributed by atoms with Gasteiger partial charge in [0, 0.05) is 26.1 Å². The van der Waals surface area contributed by atoms with Gasteiger partial charge in [0.25, 0.3) is 0 Å². The Hall–Kier alpha value is -0.860. The fourth-order valence-corrected chi connectivity index (χ4v) is 2.90. The van der Waals surface area contributed by atoms with Gasteiger partial charge >= 0.3 is 0 Å². The average Bonchev–Trinajstić information content (AvgIpc) is 2.77. The first-order valence-electron chi connectivity index (χ1n) is 7.22. The molecule has 1 amide bonds. The largest absolute Gasteiger partial charge is 0.342 e. The van der Waals surface area contributed by atoms with Gasteiger partial charge in [-0.1, -0.05) is 13.8 Å². The van der Waals surface area contributed by atoms with E-state index >= 15 is 0 Å². The highest BCUT2D eigenvalue weighted by Gasteiger charge is 2.31. The second kappa shape index (κ2) is 7.55. The third-order valence-corrected chi connectivity index (χ3v) is 4.10. The molecule has 2 rings (SSSR count). The average molecular weight is 252 g/mol. The van der Waals surface area contributed by atoms with E-state index in [2.05, 4.69) is 30.5 Å². The lowest BCUT2D eigenvalue weighted by Gasteiger charge is -2.28. The molecule has 0 aromatic carbocycles. The first kappa shape index (κ1) is 15.2. The Morgan fingerprint density at radius 2 is 1.67 bits per heavy atom. The lowest BCUT2D eigenvalue weighted by atomic mass is 9.82. The van der Waals surface area contributed by atoms with Crippen molar-refractivity contribution in [2.75, 3.05) is 20.1 Å². The van der Waals surface area contributed by atoms with Crippen LogP contribution < -0.4 is 0 Å². The molecular weight excluding hydrogens is 224 g/mol. The third-order valence-electron chi connectivity index (χ3n) is 4.10. The van der Waals surface area contributed by atoms with Crippen LogP contribution in [0.5, 0.6) is 0 Å². The van der Waals surface area contributed by atoms with Crippen molar-refractivity contribution in [2.45, 2.75) is 46.0 Å². The summed E-state index contributed by atoms with van der Waals surface area (Å²) in [6, 6.07) is 0. The van der Waals surface area contributed by atoms with Crippen LogP contribution in [0.1, 0.15) is 46.0 Å². The van der Waals surface area contributed by atoms with E-state index in [9.17, 15) is 4.79 Å². The minimum atomic E-state index is 0.353. The quantitative estimate of drug-likeness (QED) is 0.660. The summed E-state index contributed by atoms with van der Waals surface area (Å²) >= 11 is 0. The third kappa shape index (κ3) is 4.43. The number of nitrogens with zero attached hydrogens (tertiary/aromatic N) is 2. The topological polar surface area (TPSA) is 32.7 Å². The van der Waals surface area contributed by atoms with E-state index in [4.69, 9.17) is 0 Å². The molecule has 0 radical (unpaired) electrons. The molecule has 1 aliphatic carbocycles. The molecule has 0 aromatic rings. The second-order valence-corrected chi connectivity index (χ2v) is 5.95. The Labute approximate surface area is 112 Å². The Morgan fingerprint density at radius 1 is 1.11 bits per heavy atom. The number of hydrogen-bond donors (Lipinski definition) is 0. The zero-order valence-corrected chi connectivity index (χ0v) is 12.2. The van der Waals surface area contributed by atoms with Gasteiger partial charge in [-0.15, -0.1) is 0 Å². The van der Waals surface area contributed by atoms with Crippen molar-refractivity contribution in [2.24, 2.45) is 22.7 Å². The van der Waals surface area contributed by atoms with Crippen LogP contribution in [0.3, 0.4) is 0 Å². The maximum absolute atomic E-state index is 12.2. The summed E-state index contributed by atoms with van der Waals surface area (Å²) in [6.45, 7) is 9.67. The lowest BCUT2D eigenvalue weighted by molar-refractivity contribution is -0.135. The van der Waals surface area contributed by atoms with E-state index in [0.717, 1.165) is 37.8 Å². The Morgan fingerprint density at radius 3 is 2.11 bits per heavy atom. The number of amides is 1. The van der Waals surface area contributed by atoms with Gasteiger partial charge in [-0.25, -0.2) is 0 Å². The first-order valence-corrected chi connectivity index (χ1v) is 7.22. The van der Waals surface area contributed by atoms with Crippen LogP contribution in [0.4, 0.5) is 0 Å². The van der Waals surface area contributed by atoms with Crippen LogP contribution in [0.2, 0.25) is 0 Å². The van der Waals surface area contributed by atoms with E-state index in [1.807, 2.05) is 0 Å². The summed E-state index contributed by atoms with van der Waals surface area (Å²) in [4.78, 5) is 17.5. The first-order chi connectivity index (χ1) is 8.58. The zero-order chi connectivity index (χ0) is 13.5. The maximum atomic E-state index is 12.2. The highest BCUT2D eigenvalue weighted by molar-refractivity contribution is 5.79. The monoisotopic (exact) mass is 252 g/mol. The molecular formula is C15H28N2O. The molecule has 2 aliphatic rings. The number of carbonyl (C=O) groups excluding carboxylic acids is 1. The van der Waals surface area contributed by atoms with Crippen LogP contribution in [-0.2, 0) is 4.79 Å². The molecule has 0 N–H and O–H groups in total. The Bertz CT molecular complexity index is 270. The molecule has 1 heterocycles. The predicted molar refractivity (Wildman–Crippen MR) is 77.0 cm³/mol. The molecule has 1 atom stereocenters. The molecule has 3 nitrogen and oxygen atoms in total. The van der Waals surface area contributed by atoms with Gasteiger partial charge in [0.2, 0.25) is 5.91 Å². The van der Waals surface area contributed by atoms with E-state index in [1.165, 1.54) is 19.3 Å². The Balaban J connectivity index is 0.000000492. The van der Waals surface area contributed by atoms with Crippen molar-refractivity contribution < 1.29 is 4.79 Å². The van der Waals surface area contributed by atoms with E-state index < -0.39 is 0 Å². The van der Waals surface area contributed by atoms with Gasteiger partial charge in [-0.05, 0) is 50.7 Å². The zero-order valence-electron chi connectivity index (χ0n) is 12.2. The summed E-state index contributed by atoms with van der Waals surface area (Å²) < 4.78 is 0. The summed E-state index contributed by atoms with van der Waals surface area (Å²) in [5.41, 5.74) is 0. The fraction of sp³-hybridized carbons (Fsp3) is 0.867. The van der Waals surface area contributed by atoms with Gasteiger partial charge in [-0.2, -0.15) is 0 Å². The van der Waals surface area contributed by atoms with Crippen LogP contribution in [0.15, 0.2) is 4.99 Å². The summed E-state index contributed by atoms with van der Waals surface area (Å²) in [5.74, 6) is 2.36. The summed E-state index contributed by atoms with van der Waals surface area (Å²) in [5, 5.41) is 0. The van der Waals surface area contributed by atoms with Crippen molar-refractivity contribution in [1.29, 1.82) is 0 Å². The molecule has 3 heteroatoms. The number of rotatable bonds is 1. The van der Waals surface area contributed by atoms with Gasteiger partial charge < -0.3 is 9.89 Å². The maximum Gasteiger partial charge on any atom is 0.225 e. The molecule has 1 saturated carbocycles. The highest BCUT2D eigenvalue weighted by Crippen LogP contribution is 2.30. The highest BCUT2D eigenvalue weighted by atomic mass is 16.2. The number of likely N-dealkylation sites (tertiary alicyclic amines) is 1. The van der Waals surface area contributed by atoms with Gasteiger partial charge in [0.15, 0.2) is 0 Å². The SMILES string of the molecule is C=NC.CC1CCC(C(=O)N2CCC(C)C2)CC1. The van der Waals surface area contributed by atoms with Crippen molar-refractivity contribution in [3.05, 3.63) is 0 Å². The smallest absolute Gasteiger partial charge is 0.225 e. The van der Waals surface area contributed by atoms with Crippen LogP contribution >= 0.6 is 0 Å². The normalized spacial score (nSPS) is 31.5. The second-order valence-electron chi connectivity index (χ2n) is 5.95. The number of hydrogen-bond acceptors (Lipinski definition) is 2. The summed E-state index contributed by atoms with van der Waals surface area (Å²) in [7, 11) is 1.64. The van der Waals surface area contributed by atoms with E-state index in [0.29, 0.717) is 11.8 Å². The lowest BCUT2D eigenvalue weighted by Crippen LogP contribution is -2.35. The van der Waals surface area contributed by atoms with Crippen molar-refractivity contribution in [3.8, 4) is 0 Å². The van der Waals surface area contributed by atoms with E-state index in [-0.39, 0.29) is 0 Å². The summed E-state index contributed by atoms with van der Waals surface area (Å²) in [6.07, 6.45) is 5.96. The molecule has 1 unspecified atom stereocenters. The molecule has 2 fully saturated rings. The van der Waals surface area contributed by atoms with Gasteiger partial charge in [0.1, 0.15) is 0 Å². The predicted octanol–water partition coefficient (Wildman–Crippen LogP) is 3.00. The molecule has 0 bridgehead atoms. The molecule has 18 heavy (non-hydrogen) atoms. The standard InChI is InChI=1S/C13H23NO.C2H5N/c1-10-3-5-12(6-4-10)13(15)14-8-7-11(2)9-14;1-3-2/h10-12H,3-9H2,1-2H3;1H2,2H3. The molecule has 0 spiro atoms. The molecule has 104 valence electrons.